The highest BCUT2D eigenvalue weighted by molar-refractivity contribution is 5.67. The van der Waals surface area contributed by atoms with Gasteiger partial charge in [0.25, 0.3) is 0 Å². The highest BCUT2D eigenvalue weighted by Crippen LogP contribution is 2.37. The number of aromatic nitrogens is 1. The van der Waals surface area contributed by atoms with Crippen LogP contribution in [-0.4, -0.2) is 23.3 Å². The lowest BCUT2D eigenvalue weighted by atomic mass is 10.1. The van der Waals surface area contributed by atoms with Crippen LogP contribution < -0.4 is 14.4 Å². The first kappa shape index (κ1) is 20.2. The van der Waals surface area contributed by atoms with E-state index < -0.39 is 24.7 Å². The van der Waals surface area contributed by atoms with E-state index in [1.807, 2.05) is 6.07 Å². The number of nitrogens with zero attached hydrogens (tertiary/aromatic N) is 2. The summed E-state index contributed by atoms with van der Waals surface area (Å²) < 4.78 is 59.3. The van der Waals surface area contributed by atoms with Gasteiger partial charge in [-0.25, -0.2) is 0 Å². The van der Waals surface area contributed by atoms with Crippen molar-refractivity contribution in [2.75, 3.05) is 4.90 Å². The number of rotatable bonds is 8. The van der Waals surface area contributed by atoms with Crippen LogP contribution in [0, 0.1) is 0 Å². The standard InChI is InChI=1S/C20H16F4N2O3/c21-19(22)28-17-7-6-15(10-18(17)29-20(23)24)26(12-13-3-2-8-25-11-13)14-4-1-5-16(27)9-14/h1-11,19-20,27H,12H2. The number of benzene rings is 2. The molecule has 0 aliphatic carbocycles. The maximum absolute atomic E-state index is 12.8. The lowest BCUT2D eigenvalue weighted by Crippen LogP contribution is -2.17. The van der Waals surface area contributed by atoms with E-state index in [0.29, 0.717) is 11.4 Å². The summed E-state index contributed by atoms with van der Waals surface area (Å²) in [5, 5.41) is 9.83. The maximum atomic E-state index is 12.8. The molecule has 5 nitrogen and oxygen atoms in total. The molecule has 3 rings (SSSR count). The van der Waals surface area contributed by atoms with Crippen molar-refractivity contribution >= 4 is 11.4 Å². The Bertz CT molecular complexity index is 942. The third-order valence-electron chi connectivity index (χ3n) is 3.88. The molecule has 0 spiro atoms. The van der Waals surface area contributed by atoms with Crippen molar-refractivity contribution in [2.24, 2.45) is 0 Å². The molecule has 9 heteroatoms. The lowest BCUT2D eigenvalue weighted by Gasteiger charge is -2.26. The van der Waals surface area contributed by atoms with Crippen molar-refractivity contribution in [3.05, 3.63) is 72.6 Å². The van der Waals surface area contributed by atoms with Gasteiger partial charge in [-0.3, -0.25) is 4.98 Å². The van der Waals surface area contributed by atoms with E-state index in [0.717, 1.165) is 11.6 Å². The number of alkyl halides is 4. The molecule has 0 radical (unpaired) electrons. The van der Waals surface area contributed by atoms with Gasteiger partial charge in [0.15, 0.2) is 11.5 Å². The zero-order valence-electron chi connectivity index (χ0n) is 14.9. The van der Waals surface area contributed by atoms with E-state index in [-0.39, 0.29) is 12.3 Å². The molecule has 0 aliphatic rings. The summed E-state index contributed by atoms with van der Waals surface area (Å²) in [5.74, 6) is -1.05. The molecule has 3 aromatic rings. The largest absolute Gasteiger partial charge is 0.508 e. The molecule has 0 saturated carbocycles. The van der Waals surface area contributed by atoms with Gasteiger partial charge < -0.3 is 19.5 Å². The minimum atomic E-state index is -3.22. The SMILES string of the molecule is Oc1cccc(N(Cc2cccnc2)c2ccc(OC(F)F)c(OC(F)F)c2)c1. The first-order valence-electron chi connectivity index (χ1n) is 8.41. The smallest absolute Gasteiger partial charge is 0.387 e. The number of anilines is 2. The first-order chi connectivity index (χ1) is 13.9. The number of halogens is 4. The zero-order chi connectivity index (χ0) is 20.8. The van der Waals surface area contributed by atoms with Crippen molar-refractivity contribution in [2.45, 2.75) is 19.8 Å². The van der Waals surface area contributed by atoms with Crippen LogP contribution in [0.15, 0.2) is 67.0 Å². The summed E-state index contributed by atoms with van der Waals surface area (Å²) in [4.78, 5) is 5.72. The van der Waals surface area contributed by atoms with Gasteiger partial charge in [0.1, 0.15) is 5.75 Å². The van der Waals surface area contributed by atoms with Crippen molar-refractivity contribution in [1.29, 1.82) is 0 Å². The van der Waals surface area contributed by atoms with Crippen molar-refractivity contribution < 1.29 is 32.1 Å². The lowest BCUT2D eigenvalue weighted by molar-refractivity contribution is -0.0692. The highest BCUT2D eigenvalue weighted by Gasteiger charge is 2.19. The number of phenolic OH excluding ortho intramolecular Hbond substituents is 1. The molecule has 29 heavy (non-hydrogen) atoms. The predicted molar refractivity (Wildman–Crippen MR) is 97.9 cm³/mol. The third kappa shape index (κ3) is 5.50. The number of aromatic hydroxyl groups is 1. The van der Waals surface area contributed by atoms with Crippen LogP contribution in [0.2, 0.25) is 0 Å². The number of ether oxygens (including phenoxy) is 2. The number of phenols is 1. The van der Waals surface area contributed by atoms with Gasteiger partial charge in [0, 0.05) is 42.4 Å². The van der Waals surface area contributed by atoms with Gasteiger partial charge in [0.05, 0.1) is 0 Å². The van der Waals surface area contributed by atoms with E-state index in [9.17, 15) is 22.7 Å². The van der Waals surface area contributed by atoms with Crippen LogP contribution in [0.5, 0.6) is 17.2 Å². The minimum absolute atomic E-state index is 0.000365. The normalized spacial score (nSPS) is 11.0. The summed E-state index contributed by atoms with van der Waals surface area (Å²) >= 11 is 0. The Hall–Kier alpha value is -3.49. The van der Waals surface area contributed by atoms with Crippen molar-refractivity contribution in [3.63, 3.8) is 0 Å². The Labute approximate surface area is 163 Å². The molecule has 1 N–H and O–H groups in total. The summed E-state index contributed by atoms with van der Waals surface area (Å²) in [6.45, 7) is -6.16. The fourth-order valence-corrected chi connectivity index (χ4v) is 2.71. The third-order valence-corrected chi connectivity index (χ3v) is 3.88. The van der Waals surface area contributed by atoms with Gasteiger partial charge in [0.2, 0.25) is 0 Å². The first-order valence-corrected chi connectivity index (χ1v) is 8.41. The second kappa shape index (κ2) is 9.13. The van der Waals surface area contributed by atoms with Gasteiger partial charge in [-0.05, 0) is 35.9 Å². The molecule has 2 aromatic carbocycles. The van der Waals surface area contributed by atoms with Gasteiger partial charge in [-0.2, -0.15) is 17.6 Å². The average Bonchev–Trinajstić information content (AvgIpc) is 2.67. The van der Waals surface area contributed by atoms with Crippen LogP contribution in [0.3, 0.4) is 0 Å². The second-order valence-corrected chi connectivity index (χ2v) is 5.86. The number of hydrogen-bond donors (Lipinski definition) is 1. The van der Waals surface area contributed by atoms with E-state index in [2.05, 4.69) is 14.5 Å². The van der Waals surface area contributed by atoms with Gasteiger partial charge in [-0.15, -0.1) is 0 Å². The molecular weight excluding hydrogens is 392 g/mol. The second-order valence-electron chi connectivity index (χ2n) is 5.86. The van der Waals surface area contributed by atoms with Gasteiger partial charge in [-0.1, -0.05) is 12.1 Å². The quantitative estimate of drug-likeness (QED) is 0.511. The summed E-state index contributed by atoms with van der Waals surface area (Å²) in [6.07, 6.45) is 3.23. The minimum Gasteiger partial charge on any atom is -0.508 e. The summed E-state index contributed by atoms with van der Waals surface area (Å²) in [7, 11) is 0. The van der Waals surface area contributed by atoms with Gasteiger partial charge >= 0.3 is 13.2 Å². The fourth-order valence-electron chi connectivity index (χ4n) is 2.71. The summed E-state index contributed by atoms with van der Waals surface area (Å²) in [5.41, 5.74) is 1.69. The highest BCUT2D eigenvalue weighted by atomic mass is 19.3. The van der Waals surface area contributed by atoms with E-state index in [1.54, 1.807) is 35.5 Å². The molecule has 0 saturated heterocycles. The van der Waals surface area contributed by atoms with Crippen LogP contribution in [0.1, 0.15) is 5.56 Å². The molecule has 152 valence electrons. The van der Waals surface area contributed by atoms with Crippen LogP contribution in [0.25, 0.3) is 0 Å². The predicted octanol–water partition coefficient (Wildman–Crippen LogP) is 5.33. The summed E-state index contributed by atoms with van der Waals surface area (Å²) in [6, 6.07) is 13.6. The Morgan fingerprint density at radius 2 is 1.59 bits per heavy atom. The van der Waals surface area contributed by atoms with E-state index >= 15 is 0 Å². The van der Waals surface area contributed by atoms with E-state index in [4.69, 9.17) is 0 Å². The Balaban J connectivity index is 2.04. The monoisotopic (exact) mass is 408 g/mol. The number of hydrogen-bond acceptors (Lipinski definition) is 5. The zero-order valence-corrected chi connectivity index (χ0v) is 14.9. The molecule has 0 bridgehead atoms. The molecular formula is C20H16F4N2O3. The Morgan fingerprint density at radius 3 is 2.24 bits per heavy atom. The van der Waals surface area contributed by atoms with Crippen LogP contribution in [0.4, 0.5) is 28.9 Å². The van der Waals surface area contributed by atoms with Crippen molar-refractivity contribution in [1.82, 2.24) is 4.98 Å². The number of pyridine rings is 1. The molecule has 0 atom stereocenters. The molecule has 1 aromatic heterocycles. The molecule has 0 aliphatic heterocycles. The molecule has 0 amide bonds. The van der Waals surface area contributed by atoms with E-state index in [1.165, 1.54) is 24.3 Å². The molecule has 0 unspecified atom stereocenters. The average molecular weight is 408 g/mol. The Kier molecular flexibility index (Phi) is 6.38. The Morgan fingerprint density at radius 1 is 0.862 bits per heavy atom. The maximum Gasteiger partial charge on any atom is 0.387 e. The van der Waals surface area contributed by atoms with Crippen LogP contribution >= 0.6 is 0 Å². The molecule has 0 fully saturated rings. The topological polar surface area (TPSA) is 54.8 Å². The fraction of sp³-hybridized carbons (Fsp3) is 0.150. The molecule has 1 heterocycles. The van der Waals surface area contributed by atoms with Crippen molar-refractivity contribution in [3.8, 4) is 17.2 Å². The van der Waals surface area contributed by atoms with Crippen LogP contribution in [-0.2, 0) is 6.54 Å².